The maximum absolute atomic E-state index is 13.5. The summed E-state index contributed by atoms with van der Waals surface area (Å²) in [7, 11) is 0. The molecule has 0 unspecified atom stereocenters. The Morgan fingerprint density at radius 1 is 0.962 bits per heavy atom. The lowest BCUT2D eigenvalue weighted by Crippen LogP contribution is -2.18. The van der Waals surface area contributed by atoms with E-state index in [1.807, 2.05) is 19.3 Å². The highest BCUT2D eigenvalue weighted by Crippen LogP contribution is 2.21. The molecule has 0 aromatic heterocycles. The molecule has 9 heteroatoms. The van der Waals surface area contributed by atoms with E-state index in [4.69, 9.17) is 4.74 Å². The predicted octanol–water partition coefficient (Wildman–Crippen LogP) is 3.93. The van der Waals surface area contributed by atoms with Crippen molar-refractivity contribution in [1.29, 1.82) is 0 Å². The molecule has 26 heavy (non-hydrogen) atoms. The van der Waals surface area contributed by atoms with Crippen LogP contribution in [0.3, 0.4) is 0 Å². The van der Waals surface area contributed by atoms with E-state index in [2.05, 4.69) is 5.10 Å². The maximum Gasteiger partial charge on any atom is 0.271 e. The third-order valence-electron chi connectivity index (χ3n) is 3.09. The first-order valence-corrected chi connectivity index (χ1v) is 7.34. The van der Waals surface area contributed by atoms with Gasteiger partial charge < -0.3 is 4.74 Å². The first-order valence-electron chi connectivity index (χ1n) is 7.34. The van der Waals surface area contributed by atoms with Crippen LogP contribution in [0.15, 0.2) is 29.4 Å². The Balaban J connectivity index is 2.12. The molecule has 0 aliphatic rings. The molecule has 2 aromatic rings. The molecule has 4 nitrogen and oxygen atoms in total. The molecule has 2 aromatic carbocycles. The minimum atomic E-state index is -2.27. The lowest BCUT2D eigenvalue weighted by Gasteiger charge is -2.09. The van der Waals surface area contributed by atoms with Crippen molar-refractivity contribution in [3.05, 3.63) is 64.5 Å². The number of carbonyl (C=O) groups excluding carboxylic acids is 1. The maximum atomic E-state index is 13.5. The van der Waals surface area contributed by atoms with Gasteiger partial charge in [-0.1, -0.05) is 0 Å². The van der Waals surface area contributed by atoms with Crippen molar-refractivity contribution < 1.29 is 31.5 Å². The highest BCUT2D eigenvalue weighted by atomic mass is 19.2. The summed E-state index contributed by atoms with van der Waals surface area (Å²) < 4.78 is 71.4. The number of carbonyl (C=O) groups is 1. The minimum absolute atomic E-state index is 0.0550. The second-order valence-corrected chi connectivity index (χ2v) is 5.37. The van der Waals surface area contributed by atoms with Gasteiger partial charge in [-0.25, -0.2) is 27.4 Å². The number of amides is 1. The fourth-order valence-corrected chi connectivity index (χ4v) is 1.91. The van der Waals surface area contributed by atoms with Gasteiger partial charge in [0.1, 0.15) is 5.75 Å². The second-order valence-electron chi connectivity index (χ2n) is 5.37. The number of hydrazone groups is 1. The summed E-state index contributed by atoms with van der Waals surface area (Å²) in [6.07, 6.45) is 0.283. The second kappa shape index (κ2) is 7.94. The summed E-state index contributed by atoms with van der Waals surface area (Å²) in [4.78, 5) is 11.9. The minimum Gasteiger partial charge on any atom is -0.491 e. The zero-order valence-corrected chi connectivity index (χ0v) is 13.6. The summed E-state index contributed by atoms with van der Waals surface area (Å²) in [5.74, 6) is -10.8. The molecule has 0 fully saturated rings. The van der Waals surface area contributed by atoms with Crippen LogP contribution in [0.1, 0.15) is 29.8 Å². The summed E-state index contributed by atoms with van der Waals surface area (Å²) >= 11 is 0. The summed E-state index contributed by atoms with van der Waals surface area (Å²) in [5, 5.41) is 3.23. The van der Waals surface area contributed by atoms with Crippen LogP contribution in [0.5, 0.6) is 5.75 Å². The number of nitrogens with one attached hydrogen (secondary N) is 1. The standard InChI is InChI=1S/C17H13F5N2O2/c1-8(2)26-10-5-3-9(4-6-10)17(25)24-23-7-11-12(18)14(20)16(22)15(21)13(11)19/h3-8H,1-2H3,(H,24,25)/b23-7-. The van der Waals surface area contributed by atoms with Gasteiger partial charge in [-0.15, -0.1) is 0 Å². The van der Waals surface area contributed by atoms with Gasteiger partial charge in [0.2, 0.25) is 5.82 Å². The molecule has 0 aliphatic carbocycles. The lowest BCUT2D eigenvalue weighted by atomic mass is 10.2. The molecule has 0 radical (unpaired) electrons. The van der Waals surface area contributed by atoms with Gasteiger partial charge in [-0.3, -0.25) is 4.79 Å². The van der Waals surface area contributed by atoms with E-state index in [9.17, 15) is 26.7 Å². The Morgan fingerprint density at radius 2 is 1.46 bits per heavy atom. The number of hydrogen-bond donors (Lipinski definition) is 1. The van der Waals surface area contributed by atoms with Gasteiger partial charge >= 0.3 is 0 Å². The summed E-state index contributed by atoms with van der Waals surface area (Å²) in [5.41, 5.74) is 0.820. The van der Waals surface area contributed by atoms with E-state index >= 15 is 0 Å². The lowest BCUT2D eigenvalue weighted by molar-refractivity contribution is 0.0955. The topological polar surface area (TPSA) is 50.7 Å². The molecule has 0 atom stereocenters. The third kappa shape index (κ3) is 4.16. The number of hydrogen-bond acceptors (Lipinski definition) is 3. The molecule has 0 bridgehead atoms. The van der Waals surface area contributed by atoms with E-state index in [1.54, 1.807) is 0 Å². The monoisotopic (exact) mass is 372 g/mol. The SMILES string of the molecule is CC(C)Oc1ccc(C(=O)N/N=C\c2c(F)c(F)c(F)c(F)c2F)cc1. The average Bonchev–Trinajstić information content (AvgIpc) is 2.61. The number of ether oxygens (including phenoxy) is 1. The quantitative estimate of drug-likeness (QED) is 0.284. The zero-order chi connectivity index (χ0) is 19.4. The normalized spacial score (nSPS) is 11.2. The first-order chi connectivity index (χ1) is 12.2. The van der Waals surface area contributed by atoms with Gasteiger partial charge in [0.25, 0.3) is 5.91 Å². The highest BCUT2D eigenvalue weighted by molar-refractivity contribution is 5.95. The summed E-state index contributed by atoms with van der Waals surface area (Å²) in [6.45, 7) is 3.66. The van der Waals surface area contributed by atoms with E-state index in [-0.39, 0.29) is 11.7 Å². The van der Waals surface area contributed by atoms with Gasteiger partial charge in [-0.2, -0.15) is 5.10 Å². The van der Waals surface area contributed by atoms with Crippen molar-refractivity contribution in [1.82, 2.24) is 5.43 Å². The number of halogens is 5. The Labute approximate surface area is 145 Å². The first kappa shape index (κ1) is 19.4. The van der Waals surface area contributed by atoms with Crippen LogP contribution in [0.4, 0.5) is 22.0 Å². The molecule has 0 heterocycles. The Morgan fingerprint density at radius 3 is 1.96 bits per heavy atom. The molecule has 2 rings (SSSR count). The average molecular weight is 372 g/mol. The van der Waals surface area contributed by atoms with Crippen molar-refractivity contribution in [3.8, 4) is 5.75 Å². The molecule has 0 aliphatic heterocycles. The number of benzene rings is 2. The van der Waals surface area contributed by atoms with E-state index in [0.717, 1.165) is 0 Å². The molecule has 0 saturated heterocycles. The highest BCUT2D eigenvalue weighted by Gasteiger charge is 2.24. The van der Waals surface area contributed by atoms with Crippen LogP contribution >= 0.6 is 0 Å². The van der Waals surface area contributed by atoms with Crippen molar-refractivity contribution >= 4 is 12.1 Å². The van der Waals surface area contributed by atoms with Crippen LogP contribution in [0.25, 0.3) is 0 Å². The van der Waals surface area contributed by atoms with Crippen LogP contribution in [-0.4, -0.2) is 18.2 Å². The van der Waals surface area contributed by atoms with E-state index < -0.39 is 40.6 Å². The van der Waals surface area contributed by atoms with Crippen LogP contribution < -0.4 is 10.2 Å². The smallest absolute Gasteiger partial charge is 0.271 e. The van der Waals surface area contributed by atoms with Gasteiger partial charge in [-0.05, 0) is 38.1 Å². The van der Waals surface area contributed by atoms with E-state index in [1.165, 1.54) is 24.3 Å². The molecule has 1 N–H and O–H groups in total. The molecule has 0 saturated carbocycles. The Hall–Kier alpha value is -2.97. The number of nitrogens with zero attached hydrogens (tertiary/aromatic N) is 1. The molecular weight excluding hydrogens is 359 g/mol. The third-order valence-corrected chi connectivity index (χ3v) is 3.09. The Kier molecular flexibility index (Phi) is 5.91. The van der Waals surface area contributed by atoms with Crippen LogP contribution in [0, 0.1) is 29.1 Å². The molecule has 0 spiro atoms. The van der Waals surface area contributed by atoms with Crippen LogP contribution in [-0.2, 0) is 0 Å². The van der Waals surface area contributed by atoms with E-state index in [0.29, 0.717) is 12.0 Å². The van der Waals surface area contributed by atoms with Crippen molar-refractivity contribution in [2.45, 2.75) is 20.0 Å². The van der Waals surface area contributed by atoms with Gasteiger partial charge in [0, 0.05) is 5.56 Å². The zero-order valence-electron chi connectivity index (χ0n) is 13.6. The molecule has 138 valence electrons. The largest absolute Gasteiger partial charge is 0.491 e. The van der Waals surface area contributed by atoms with Gasteiger partial charge in [0.05, 0.1) is 17.9 Å². The van der Waals surface area contributed by atoms with Crippen molar-refractivity contribution in [2.75, 3.05) is 0 Å². The fraction of sp³-hybridized carbons (Fsp3) is 0.176. The van der Waals surface area contributed by atoms with Gasteiger partial charge in [0.15, 0.2) is 23.3 Å². The summed E-state index contributed by atoms with van der Waals surface area (Å²) in [6, 6.07) is 5.90. The van der Waals surface area contributed by atoms with Crippen molar-refractivity contribution in [2.24, 2.45) is 5.10 Å². The van der Waals surface area contributed by atoms with Crippen LogP contribution in [0.2, 0.25) is 0 Å². The van der Waals surface area contributed by atoms with Crippen molar-refractivity contribution in [3.63, 3.8) is 0 Å². The molecule has 1 amide bonds. The molecular formula is C17H13F5N2O2. The number of rotatable bonds is 5. The fourth-order valence-electron chi connectivity index (χ4n) is 1.91. The predicted molar refractivity (Wildman–Crippen MR) is 83.5 cm³/mol. The Bertz CT molecular complexity index is 822.